The normalized spacial score (nSPS) is 11.8. The molecule has 0 radical (unpaired) electrons. The minimum Gasteiger partial charge on any atom is -0.222 e. The highest BCUT2D eigenvalue weighted by atomic mass is 32.1. The van der Waals surface area contributed by atoms with Crippen molar-refractivity contribution in [2.75, 3.05) is 0 Å². The number of thiazole rings is 2. The molecule has 6 heterocycles. The summed E-state index contributed by atoms with van der Waals surface area (Å²) in [5, 5.41) is 1.31. The van der Waals surface area contributed by atoms with Gasteiger partial charge in [0.25, 0.3) is 0 Å². The van der Waals surface area contributed by atoms with Gasteiger partial charge in [0.1, 0.15) is 10.0 Å². The number of aromatic nitrogens is 2. The number of halogens is 10. The van der Waals surface area contributed by atoms with E-state index >= 15 is 0 Å². The number of thiophene rings is 4. The van der Waals surface area contributed by atoms with E-state index in [0.29, 0.717) is 39.2 Å². The summed E-state index contributed by atoms with van der Waals surface area (Å²) >= 11 is 7.06. The molecule has 18 heteroatoms. The Hall–Kier alpha value is -3.94. The Morgan fingerprint density at radius 3 is 0.840 bits per heavy atom. The molecule has 0 spiro atoms. The van der Waals surface area contributed by atoms with Gasteiger partial charge in [0, 0.05) is 29.3 Å². The largest absolute Gasteiger partial charge is 0.222 e. The average molecular weight is 803 g/mol. The van der Waals surface area contributed by atoms with Gasteiger partial charge in [0.15, 0.2) is 56.2 Å². The molecule has 0 saturated carbocycles. The van der Waals surface area contributed by atoms with Gasteiger partial charge in [0.2, 0.25) is 11.6 Å². The summed E-state index contributed by atoms with van der Waals surface area (Å²) in [6.45, 7) is 0. The van der Waals surface area contributed by atoms with Gasteiger partial charge >= 0.3 is 0 Å². The van der Waals surface area contributed by atoms with E-state index in [1.807, 2.05) is 0 Å². The number of nitrogens with zero attached hydrogens (tertiary/aromatic N) is 2. The van der Waals surface area contributed by atoms with E-state index in [-0.39, 0.29) is 9.75 Å². The Labute approximate surface area is 296 Å². The second-order valence-electron chi connectivity index (χ2n) is 10.2. The topological polar surface area (TPSA) is 25.8 Å². The molecule has 0 aliphatic carbocycles. The van der Waals surface area contributed by atoms with Gasteiger partial charge in [-0.3, -0.25) is 0 Å². The molecule has 0 saturated heterocycles. The lowest BCUT2D eigenvalue weighted by Crippen LogP contribution is -2.03. The van der Waals surface area contributed by atoms with Crippen LogP contribution < -0.4 is 0 Å². The van der Waals surface area contributed by atoms with Crippen LogP contribution in [-0.2, 0) is 0 Å². The van der Waals surface area contributed by atoms with Crippen LogP contribution in [0.4, 0.5) is 43.9 Å². The number of rotatable bonds is 6. The van der Waals surface area contributed by atoms with Crippen molar-refractivity contribution in [3.8, 4) is 60.2 Å². The lowest BCUT2D eigenvalue weighted by atomic mass is 10.1. The van der Waals surface area contributed by atoms with Gasteiger partial charge in [-0.25, -0.2) is 53.9 Å². The number of hydrogen-bond acceptors (Lipinski definition) is 8. The van der Waals surface area contributed by atoms with Crippen molar-refractivity contribution in [1.29, 1.82) is 0 Å². The summed E-state index contributed by atoms with van der Waals surface area (Å²) in [7, 11) is 0. The summed E-state index contributed by atoms with van der Waals surface area (Å²) in [5.41, 5.74) is -1.97. The second-order valence-corrected chi connectivity index (χ2v) is 16.5. The van der Waals surface area contributed by atoms with Crippen LogP contribution in [0.5, 0.6) is 0 Å². The minimum absolute atomic E-state index is 0.119. The van der Waals surface area contributed by atoms with Crippen LogP contribution >= 0.6 is 68.0 Å². The fourth-order valence-corrected chi connectivity index (χ4v) is 11.3. The first kappa shape index (κ1) is 33.2. The maximum atomic E-state index is 14.4. The highest BCUT2D eigenvalue weighted by Crippen LogP contribution is 2.47. The summed E-state index contributed by atoms with van der Waals surface area (Å²) < 4.78 is 139. The van der Waals surface area contributed by atoms with Crippen LogP contribution in [0, 0.1) is 58.2 Å². The van der Waals surface area contributed by atoms with E-state index in [1.165, 1.54) is 69.6 Å². The van der Waals surface area contributed by atoms with Crippen molar-refractivity contribution in [3.63, 3.8) is 0 Å². The van der Waals surface area contributed by atoms with E-state index in [1.54, 1.807) is 24.3 Å². The molecule has 0 aliphatic heterocycles. The third kappa shape index (κ3) is 5.31. The average Bonchev–Trinajstić information content (AvgIpc) is 3.94. The van der Waals surface area contributed by atoms with Gasteiger partial charge in [-0.15, -0.1) is 45.3 Å². The number of fused-ring (bicyclic) bond motifs is 1. The highest BCUT2D eigenvalue weighted by molar-refractivity contribution is 7.33. The van der Waals surface area contributed by atoms with Crippen molar-refractivity contribution < 1.29 is 43.9 Å². The van der Waals surface area contributed by atoms with Gasteiger partial charge in [-0.05, 0) is 48.5 Å². The van der Waals surface area contributed by atoms with Gasteiger partial charge in [0.05, 0.1) is 20.9 Å². The third-order valence-electron chi connectivity index (χ3n) is 7.22. The van der Waals surface area contributed by atoms with Crippen molar-refractivity contribution in [3.05, 3.63) is 107 Å². The molecule has 0 bridgehead atoms. The Kier molecular flexibility index (Phi) is 8.22. The minimum atomic E-state index is -2.22. The molecule has 8 aromatic rings. The van der Waals surface area contributed by atoms with Crippen LogP contribution in [0.2, 0.25) is 0 Å². The van der Waals surface area contributed by atoms with Crippen LogP contribution in [-0.4, -0.2) is 9.97 Å². The van der Waals surface area contributed by atoms with E-state index in [0.717, 1.165) is 32.4 Å². The van der Waals surface area contributed by atoms with Crippen LogP contribution in [0.3, 0.4) is 0 Å². The molecule has 6 aromatic heterocycles. The molecule has 2 nitrogen and oxygen atoms in total. The first-order chi connectivity index (χ1) is 23.9. The van der Waals surface area contributed by atoms with E-state index in [9.17, 15) is 43.9 Å². The molecule has 2 aromatic carbocycles. The molecule has 50 heavy (non-hydrogen) atoms. The van der Waals surface area contributed by atoms with Crippen LogP contribution in [0.25, 0.3) is 69.8 Å². The Morgan fingerprint density at radius 1 is 0.280 bits per heavy atom. The predicted octanol–water partition coefficient (Wildman–Crippen LogP) is 13.4. The molecular formula is C32H8F10N2S6. The maximum Gasteiger partial charge on any atom is 0.200 e. The third-order valence-corrected chi connectivity index (χ3v) is 14.4. The molecule has 0 fully saturated rings. The van der Waals surface area contributed by atoms with Gasteiger partial charge < -0.3 is 0 Å². The Bertz CT molecular complexity index is 2380. The van der Waals surface area contributed by atoms with Crippen molar-refractivity contribution in [2.45, 2.75) is 0 Å². The predicted molar refractivity (Wildman–Crippen MR) is 179 cm³/mol. The zero-order valence-corrected chi connectivity index (χ0v) is 28.6. The monoisotopic (exact) mass is 802 g/mol. The molecule has 0 N–H and O–H groups in total. The zero-order chi connectivity index (χ0) is 35.2. The van der Waals surface area contributed by atoms with Crippen molar-refractivity contribution in [2.24, 2.45) is 0 Å². The lowest BCUT2D eigenvalue weighted by molar-refractivity contribution is 0.381. The van der Waals surface area contributed by atoms with E-state index in [4.69, 9.17) is 9.97 Å². The van der Waals surface area contributed by atoms with Crippen LogP contribution in [0.15, 0.2) is 48.5 Å². The molecular weight excluding hydrogens is 795 g/mol. The fourth-order valence-electron chi connectivity index (χ4n) is 4.87. The highest BCUT2D eigenvalue weighted by Gasteiger charge is 2.29. The Morgan fingerprint density at radius 2 is 0.520 bits per heavy atom. The molecule has 0 aliphatic rings. The summed E-state index contributed by atoms with van der Waals surface area (Å²) in [6, 6.07) is 12.8. The van der Waals surface area contributed by atoms with E-state index in [2.05, 4.69) is 0 Å². The number of benzene rings is 2. The second kappa shape index (κ2) is 12.4. The lowest BCUT2D eigenvalue weighted by Gasteiger charge is -2.06. The number of hydrogen-bond donors (Lipinski definition) is 0. The van der Waals surface area contributed by atoms with Gasteiger partial charge in [-0.1, -0.05) is 22.7 Å². The first-order valence-electron chi connectivity index (χ1n) is 13.6. The Balaban J connectivity index is 1.03. The summed E-state index contributed by atoms with van der Waals surface area (Å²) in [6.07, 6.45) is 0. The molecule has 8 rings (SSSR count). The molecule has 0 amide bonds. The van der Waals surface area contributed by atoms with E-state index < -0.39 is 69.3 Å². The molecule has 252 valence electrons. The van der Waals surface area contributed by atoms with Crippen molar-refractivity contribution in [1.82, 2.24) is 9.97 Å². The maximum absolute atomic E-state index is 14.4. The standard InChI is InChI=1S/C32H8F10N2S6/c33-19-17(20(34)24(38)27(41)23(19)37)13-5-1-9(45-13)11-3-7-15(47-11)29-43-31-32(49-29)44-30(50-31)16-8-4-12(48-16)10-2-6-14(46-10)18-21(35)25(39)28(42)26(40)22(18)36/h1-8H. The fraction of sp³-hybridized carbons (Fsp3) is 0. The van der Waals surface area contributed by atoms with Gasteiger partial charge in [-0.2, -0.15) is 0 Å². The molecule has 0 atom stereocenters. The summed E-state index contributed by atoms with van der Waals surface area (Å²) in [4.78, 5) is 14.5. The summed E-state index contributed by atoms with van der Waals surface area (Å²) in [5.74, 6) is -20.1. The van der Waals surface area contributed by atoms with Crippen molar-refractivity contribution >= 4 is 77.7 Å². The quantitative estimate of drug-likeness (QED) is 0.0951. The van der Waals surface area contributed by atoms with Crippen LogP contribution in [0.1, 0.15) is 0 Å². The zero-order valence-electron chi connectivity index (χ0n) is 23.7. The molecule has 0 unspecified atom stereocenters. The first-order valence-corrected chi connectivity index (χ1v) is 18.5. The smallest absolute Gasteiger partial charge is 0.200 e. The SMILES string of the molecule is Fc1c(F)c(F)c(-c2ccc(-c3ccc(-c4nc5sc(-c6ccc(-c7ccc(-c8c(F)c(F)c(F)c(F)c8F)s7)s6)nc5s4)s3)s2)c(F)c1F.